The lowest BCUT2D eigenvalue weighted by Gasteiger charge is -2.10. The number of hydrogen-bond donors (Lipinski definition) is 2. The van der Waals surface area contributed by atoms with E-state index in [0.29, 0.717) is 16.8 Å². The van der Waals surface area contributed by atoms with Crippen molar-refractivity contribution >= 4 is 15.7 Å². The van der Waals surface area contributed by atoms with E-state index in [0.717, 1.165) is 0 Å². The van der Waals surface area contributed by atoms with Crippen molar-refractivity contribution in [2.75, 3.05) is 5.73 Å². The molecule has 0 amide bonds. The van der Waals surface area contributed by atoms with Gasteiger partial charge in [-0.3, -0.25) is 0 Å². The summed E-state index contributed by atoms with van der Waals surface area (Å²) in [6.07, 6.45) is 0. The van der Waals surface area contributed by atoms with Crippen molar-refractivity contribution in [2.45, 2.75) is 18.4 Å². The van der Waals surface area contributed by atoms with E-state index in [1.807, 2.05) is 0 Å². The Kier molecular flexibility index (Phi) is 4.06. The molecule has 0 saturated heterocycles. The molecule has 0 aliphatic heterocycles. The molecule has 0 aliphatic rings. The zero-order valence-electron chi connectivity index (χ0n) is 10.9. The van der Waals surface area contributed by atoms with Crippen LogP contribution in [-0.2, 0) is 16.6 Å². The highest BCUT2D eigenvalue weighted by Crippen LogP contribution is 2.18. The summed E-state index contributed by atoms with van der Waals surface area (Å²) in [5, 5.41) is 0. The second-order valence-electron chi connectivity index (χ2n) is 4.48. The van der Waals surface area contributed by atoms with Crippen LogP contribution in [0.4, 0.5) is 10.1 Å². The first-order chi connectivity index (χ1) is 9.38. The molecule has 0 spiro atoms. The SMILES string of the molecule is Cc1ccc(N)cc1S(=O)(=O)NCc1cccc(F)c1. The smallest absolute Gasteiger partial charge is 0.241 e. The van der Waals surface area contributed by atoms with E-state index < -0.39 is 15.8 Å². The minimum atomic E-state index is -3.68. The predicted octanol–water partition coefficient (Wildman–Crippen LogP) is 2.19. The van der Waals surface area contributed by atoms with Gasteiger partial charge in [0.1, 0.15) is 5.82 Å². The number of anilines is 1. The molecule has 20 heavy (non-hydrogen) atoms. The second kappa shape index (κ2) is 5.60. The molecular formula is C14H15FN2O2S. The molecule has 0 radical (unpaired) electrons. The van der Waals surface area contributed by atoms with Gasteiger partial charge in [0.15, 0.2) is 0 Å². The molecule has 0 saturated carbocycles. The molecule has 0 aromatic heterocycles. The minimum Gasteiger partial charge on any atom is -0.399 e. The van der Waals surface area contributed by atoms with E-state index in [9.17, 15) is 12.8 Å². The number of aryl methyl sites for hydroxylation is 1. The van der Waals surface area contributed by atoms with Crippen LogP contribution in [0, 0.1) is 12.7 Å². The molecule has 0 aliphatic carbocycles. The van der Waals surface area contributed by atoms with Crippen LogP contribution in [0.25, 0.3) is 0 Å². The average Bonchev–Trinajstić information content (AvgIpc) is 2.39. The van der Waals surface area contributed by atoms with Gasteiger partial charge in [-0.1, -0.05) is 18.2 Å². The third-order valence-corrected chi connectivity index (χ3v) is 4.40. The normalized spacial score (nSPS) is 11.5. The van der Waals surface area contributed by atoms with Crippen LogP contribution in [-0.4, -0.2) is 8.42 Å². The number of nitrogens with two attached hydrogens (primary N) is 1. The summed E-state index contributed by atoms with van der Waals surface area (Å²) < 4.78 is 39.9. The number of nitrogen functional groups attached to an aromatic ring is 1. The fraction of sp³-hybridized carbons (Fsp3) is 0.143. The van der Waals surface area contributed by atoms with Gasteiger partial charge in [-0.05, 0) is 42.3 Å². The van der Waals surface area contributed by atoms with E-state index in [1.165, 1.54) is 24.3 Å². The number of nitrogens with one attached hydrogen (secondary N) is 1. The van der Waals surface area contributed by atoms with Gasteiger partial charge in [0, 0.05) is 12.2 Å². The Morgan fingerprint density at radius 3 is 2.65 bits per heavy atom. The Bertz CT molecular complexity index is 730. The van der Waals surface area contributed by atoms with E-state index in [2.05, 4.69) is 4.72 Å². The van der Waals surface area contributed by atoms with Crippen molar-refractivity contribution in [3.05, 3.63) is 59.4 Å². The van der Waals surface area contributed by atoms with Crippen molar-refractivity contribution in [1.82, 2.24) is 4.72 Å². The molecule has 4 nitrogen and oxygen atoms in total. The van der Waals surface area contributed by atoms with Crippen LogP contribution in [0.1, 0.15) is 11.1 Å². The average molecular weight is 294 g/mol. The summed E-state index contributed by atoms with van der Waals surface area (Å²) in [5.74, 6) is -0.401. The Morgan fingerprint density at radius 2 is 1.95 bits per heavy atom. The number of rotatable bonds is 4. The molecule has 0 unspecified atom stereocenters. The zero-order chi connectivity index (χ0) is 14.8. The van der Waals surface area contributed by atoms with Gasteiger partial charge >= 0.3 is 0 Å². The third kappa shape index (κ3) is 3.34. The molecule has 6 heteroatoms. The summed E-state index contributed by atoms with van der Waals surface area (Å²) in [7, 11) is -3.68. The molecule has 0 atom stereocenters. The van der Waals surface area contributed by atoms with Gasteiger partial charge in [0.05, 0.1) is 4.90 Å². The molecule has 2 aromatic carbocycles. The van der Waals surface area contributed by atoms with Crippen molar-refractivity contribution in [1.29, 1.82) is 0 Å². The molecule has 0 fully saturated rings. The molecule has 2 aromatic rings. The van der Waals surface area contributed by atoms with Crippen molar-refractivity contribution in [3.8, 4) is 0 Å². The number of hydrogen-bond acceptors (Lipinski definition) is 3. The van der Waals surface area contributed by atoms with Gasteiger partial charge in [-0.25, -0.2) is 17.5 Å². The summed E-state index contributed by atoms with van der Waals surface area (Å²) in [4.78, 5) is 0.133. The lowest BCUT2D eigenvalue weighted by Crippen LogP contribution is -2.24. The van der Waals surface area contributed by atoms with Crippen molar-refractivity contribution in [3.63, 3.8) is 0 Å². The largest absolute Gasteiger partial charge is 0.399 e. The van der Waals surface area contributed by atoms with Gasteiger partial charge in [-0.15, -0.1) is 0 Å². The Balaban J connectivity index is 2.21. The molecule has 2 rings (SSSR count). The zero-order valence-corrected chi connectivity index (χ0v) is 11.7. The van der Waals surface area contributed by atoms with Crippen LogP contribution in [0.3, 0.4) is 0 Å². The predicted molar refractivity (Wildman–Crippen MR) is 76.0 cm³/mol. The summed E-state index contributed by atoms with van der Waals surface area (Å²) in [5.41, 5.74) is 7.14. The standard InChI is InChI=1S/C14H15FN2O2S/c1-10-5-6-13(16)8-14(10)20(18,19)17-9-11-3-2-4-12(15)7-11/h2-8,17H,9,16H2,1H3. The fourth-order valence-electron chi connectivity index (χ4n) is 1.81. The van der Waals surface area contributed by atoms with Crippen LogP contribution < -0.4 is 10.5 Å². The fourth-order valence-corrected chi connectivity index (χ4v) is 3.10. The summed E-state index contributed by atoms with van der Waals surface area (Å²) in [6, 6.07) is 10.5. The maximum absolute atomic E-state index is 13.0. The van der Waals surface area contributed by atoms with Gasteiger partial charge in [-0.2, -0.15) is 0 Å². The summed E-state index contributed by atoms with van der Waals surface area (Å²) >= 11 is 0. The van der Waals surface area contributed by atoms with Crippen molar-refractivity contribution in [2.24, 2.45) is 0 Å². The molecule has 3 N–H and O–H groups in total. The Labute approximate surface area is 117 Å². The number of sulfonamides is 1. The third-order valence-electron chi connectivity index (χ3n) is 2.86. The highest BCUT2D eigenvalue weighted by Gasteiger charge is 2.16. The quantitative estimate of drug-likeness (QED) is 0.849. The lowest BCUT2D eigenvalue weighted by atomic mass is 10.2. The highest BCUT2D eigenvalue weighted by molar-refractivity contribution is 7.89. The molecular weight excluding hydrogens is 279 g/mol. The van der Waals surface area contributed by atoms with E-state index in [-0.39, 0.29) is 11.4 Å². The lowest BCUT2D eigenvalue weighted by molar-refractivity contribution is 0.579. The Hall–Kier alpha value is -1.92. The molecule has 106 valence electrons. The highest BCUT2D eigenvalue weighted by atomic mass is 32.2. The van der Waals surface area contributed by atoms with E-state index in [1.54, 1.807) is 25.1 Å². The topological polar surface area (TPSA) is 72.2 Å². The Morgan fingerprint density at radius 1 is 1.20 bits per heavy atom. The molecule has 0 heterocycles. The first-order valence-corrected chi connectivity index (χ1v) is 7.47. The second-order valence-corrected chi connectivity index (χ2v) is 6.21. The number of halogens is 1. The van der Waals surface area contributed by atoms with Crippen molar-refractivity contribution < 1.29 is 12.8 Å². The first kappa shape index (κ1) is 14.5. The van der Waals surface area contributed by atoms with Gasteiger partial charge < -0.3 is 5.73 Å². The monoisotopic (exact) mass is 294 g/mol. The molecule has 0 bridgehead atoms. The van der Waals surface area contributed by atoms with Crippen LogP contribution in [0.15, 0.2) is 47.4 Å². The van der Waals surface area contributed by atoms with Crippen LogP contribution in [0.2, 0.25) is 0 Å². The minimum absolute atomic E-state index is 0.0222. The van der Waals surface area contributed by atoms with Gasteiger partial charge in [0.25, 0.3) is 0 Å². The van der Waals surface area contributed by atoms with Crippen LogP contribution in [0.5, 0.6) is 0 Å². The van der Waals surface area contributed by atoms with Gasteiger partial charge in [0.2, 0.25) is 10.0 Å². The van der Waals surface area contributed by atoms with Crippen LogP contribution >= 0.6 is 0 Å². The number of benzene rings is 2. The summed E-state index contributed by atoms with van der Waals surface area (Å²) in [6.45, 7) is 1.71. The maximum Gasteiger partial charge on any atom is 0.241 e. The maximum atomic E-state index is 13.0. The first-order valence-electron chi connectivity index (χ1n) is 5.99. The van der Waals surface area contributed by atoms with E-state index in [4.69, 9.17) is 5.73 Å². The van der Waals surface area contributed by atoms with E-state index >= 15 is 0 Å².